The summed E-state index contributed by atoms with van der Waals surface area (Å²) < 4.78 is 13.3. The molecule has 19 heavy (non-hydrogen) atoms. The summed E-state index contributed by atoms with van der Waals surface area (Å²) in [5.41, 5.74) is -0.656. The minimum absolute atomic E-state index is 0.00181. The lowest BCUT2D eigenvalue weighted by atomic mass is 9.87. The number of carboxylic acids is 1. The first-order valence-electron chi connectivity index (χ1n) is 5.76. The molecule has 1 rings (SSSR count). The number of aliphatic carboxylic acids is 1. The Balaban J connectivity index is 2.75. The number of anilines is 1. The highest BCUT2D eigenvalue weighted by Gasteiger charge is 2.32. The van der Waals surface area contributed by atoms with E-state index in [9.17, 15) is 14.0 Å². The number of nitrogens with one attached hydrogen (secondary N) is 2. The van der Waals surface area contributed by atoms with Crippen LogP contribution >= 0.6 is 0 Å². The van der Waals surface area contributed by atoms with Gasteiger partial charge in [0.05, 0.1) is 5.69 Å². The third-order valence-corrected chi connectivity index (χ3v) is 2.51. The molecule has 1 unspecified atom stereocenters. The van der Waals surface area contributed by atoms with Gasteiger partial charge in [-0.1, -0.05) is 32.9 Å². The van der Waals surface area contributed by atoms with Crippen molar-refractivity contribution >= 4 is 17.7 Å². The van der Waals surface area contributed by atoms with Gasteiger partial charge in [-0.15, -0.1) is 0 Å². The van der Waals surface area contributed by atoms with Crippen LogP contribution in [0.25, 0.3) is 0 Å². The van der Waals surface area contributed by atoms with Gasteiger partial charge in [0.25, 0.3) is 0 Å². The van der Waals surface area contributed by atoms with Gasteiger partial charge in [0.15, 0.2) is 0 Å². The van der Waals surface area contributed by atoms with Crippen molar-refractivity contribution in [1.82, 2.24) is 5.32 Å². The zero-order chi connectivity index (χ0) is 14.6. The van der Waals surface area contributed by atoms with Crippen molar-refractivity contribution in [2.24, 2.45) is 5.41 Å². The number of carbonyl (C=O) groups excluding carboxylic acids is 1. The second-order valence-electron chi connectivity index (χ2n) is 5.22. The third-order valence-electron chi connectivity index (χ3n) is 2.51. The van der Waals surface area contributed by atoms with Gasteiger partial charge in [-0.05, 0) is 17.5 Å². The van der Waals surface area contributed by atoms with Crippen molar-refractivity contribution < 1.29 is 19.1 Å². The number of hydrogen-bond acceptors (Lipinski definition) is 2. The Kier molecular flexibility index (Phi) is 4.47. The van der Waals surface area contributed by atoms with E-state index in [-0.39, 0.29) is 5.69 Å². The monoisotopic (exact) mass is 268 g/mol. The normalized spacial score (nSPS) is 12.6. The topological polar surface area (TPSA) is 78.4 Å². The Morgan fingerprint density at radius 2 is 1.84 bits per heavy atom. The predicted molar refractivity (Wildman–Crippen MR) is 69.4 cm³/mol. The van der Waals surface area contributed by atoms with Crippen molar-refractivity contribution in [3.8, 4) is 0 Å². The van der Waals surface area contributed by atoms with Gasteiger partial charge in [-0.2, -0.15) is 0 Å². The van der Waals surface area contributed by atoms with Crippen LogP contribution < -0.4 is 10.6 Å². The molecule has 3 N–H and O–H groups in total. The molecule has 0 radical (unpaired) electrons. The molecular formula is C13H17FN2O3. The highest BCUT2D eigenvalue weighted by molar-refractivity contribution is 5.92. The molecule has 1 atom stereocenters. The first-order chi connectivity index (χ1) is 8.71. The molecule has 0 heterocycles. The van der Waals surface area contributed by atoms with Crippen LogP contribution in [-0.4, -0.2) is 23.1 Å². The Hall–Kier alpha value is -2.11. The van der Waals surface area contributed by atoms with Gasteiger partial charge < -0.3 is 15.7 Å². The second-order valence-corrected chi connectivity index (χ2v) is 5.22. The van der Waals surface area contributed by atoms with E-state index in [1.807, 2.05) is 0 Å². The number of amides is 2. The lowest BCUT2D eigenvalue weighted by molar-refractivity contribution is -0.141. The quantitative estimate of drug-likeness (QED) is 0.787. The van der Waals surface area contributed by atoms with Crippen LogP contribution in [0.3, 0.4) is 0 Å². The molecule has 0 saturated carbocycles. The largest absolute Gasteiger partial charge is 0.480 e. The lowest BCUT2D eigenvalue weighted by Crippen LogP contribution is -2.50. The molecule has 0 aliphatic heterocycles. The molecule has 0 aliphatic carbocycles. The fourth-order valence-corrected chi connectivity index (χ4v) is 1.50. The number of benzene rings is 1. The number of hydrogen-bond donors (Lipinski definition) is 3. The summed E-state index contributed by atoms with van der Waals surface area (Å²) in [6.45, 7) is 5.07. The molecule has 1 aromatic rings. The molecular weight excluding hydrogens is 251 g/mol. The van der Waals surface area contributed by atoms with Gasteiger partial charge in [-0.3, -0.25) is 0 Å². The van der Waals surface area contributed by atoms with E-state index in [2.05, 4.69) is 10.6 Å². The molecule has 6 heteroatoms. The van der Waals surface area contributed by atoms with Crippen LogP contribution in [-0.2, 0) is 4.79 Å². The van der Waals surface area contributed by atoms with E-state index >= 15 is 0 Å². The Labute approximate surface area is 110 Å². The number of urea groups is 1. The maximum Gasteiger partial charge on any atom is 0.326 e. The van der Waals surface area contributed by atoms with Gasteiger partial charge >= 0.3 is 12.0 Å². The van der Waals surface area contributed by atoms with Crippen LogP contribution in [0.15, 0.2) is 24.3 Å². The molecule has 104 valence electrons. The number of carbonyl (C=O) groups is 2. The summed E-state index contributed by atoms with van der Waals surface area (Å²) in [5.74, 6) is -1.73. The lowest BCUT2D eigenvalue weighted by Gasteiger charge is -2.27. The molecule has 5 nitrogen and oxygen atoms in total. The summed E-state index contributed by atoms with van der Waals surface area (Å²) in [6, 6.07) is 3.83. The average Bonchev–Trinajstić information content (AvgIpc) is 2.27. The van der Waals surface area contributed by atoms with E-state index in [1.165, 1.54) is 18.2 Å². The van der Waals surface area contributed by atoms with Crippen molar-refractivity contribution in [2.45, 2.75) is 26.8 Å². The summed E-state index contributed by atoms with van der Waals surface area (Å²) in [4.78, 5) is 22.8. The SMILES string of the molecule is CC(C)(C)C(NC(=O)Nc1ccccc1F)C(=O)O. The number of para-hydroxylation sites is 1. The van der Waals surface area contributed by atoms with Crippen LogP contribution in [0, 0.1) is 11.2 Å². The molecule has 0 aliphatic rings. The predicted octanol–water partition coefficient (Wildman–Crippen LogP) is 2.45. The number of halogens is 1. The van der Waals surface area contributed by atoms with E-state index in [1.54, 1.807) is 26.8 Å². The Bertz CT molecular complexity index is 483. The zero-order valence-corrected chi connectivity index (χ0v) is 11.0. The first kappa shape index (κ1) is 14.9. The summed E-state index contributed by atoms with van der Waals surface area (Å²) in [5, 5.41) is 13.7. The molecule has 1 aromatic carbocycles. The van der Waals surface area contributed by atoms with E-state index < -0.39 is 29.3 Å². The first-order valence-corrected chi connectivity index (χ1v) is 5.76. The average molecular weight is 268 g/mol. The standard InChI is InChI=1S/C13H17FN2O3/c1-13(2,3)10(11(17)18)16-12(19)15-9-7-5-4-6-8(9)14/h4-7,10H,1-3H3,(H,17,18)(H2,15,16,19). The minimum Gasteiger partial charge on any atom is -0.480 e. The molecule has 0 aromatic heterocycles. The molecule has 0 fully saturated rings. The molecule has 0 bridgehead atoms. The maximum absolute atomic E-state index is 13.3. The van der Waals surface area contributed by atoms with Crippen molar-refractivity contribution in [2.75, 3.05) is 5.32 Å². The molecule has 0 saturated heterocycles. The molecule has 2 amide bonds. The molecule has 0 spiro atoms. The Morgan fingerprint density at radius 1 is 1.26 bits per heavy atom. The highest BCUT2D eigenvalue weighted by Crippen LogP contribution is 2.20. The number of carboxylic acid groups (broad SMARTS) is 1. The smallest absolute Gasteiger partial charge is 0.326 e. The van der Waals surface area contributed by atoms with Crippen molar-refractivity contribution in [3.63, 3.8) is 0 Å². The zero-order valence-electron chi connectivity index (χ0n) is 11.0. The Morgan fingerprint density at radius 3 is 2.32 bits per heavy atom. The van der Waals surface area contributed by atoms with Crippen molar-refractivity contribution in [3.05, 3.63) is 30.1 Å². The minimum atomic E-state index is -1.14. The van der Waals surface area contributed by atoms with Gasteiger partial charge in [0.1, 0.15) is 11.9 Å². The van der Waals surface area contributed by atoms with Crippen LogP contribution in [0.2, 0.25) is 0 Å². The van der Waals surface area contributed by atoms with E-state index in [4.69, 9.17) is 5.11 Å². The maximum atomic E-state index is 13.3. The van der Waals surface area contributed by atoms with Crippen LogP contribution in [0.4, 0.5) is 14.9 Å². The fraction of sp³-hybridized carbons (Fsp3) is 0.385. The van der Waals surface area contributed by atoms with Crippen LogP contribution in [0.1, 0.15) is 20.8 Å². The fourth-order valence-electron chi connectivity index (χ4n) is 1.50. The third kappa shape index (κ3) is 4.24. The van der Waals surface area contributed by atoms with Gasteiger partial charge in [0.2, 0.25) is 0 Å². The van der Waals surface area contributed by atoms with E-state index in [0.29, 0.717) is 0 Å². The van der Waals surface area contributed by atoms with Crippen LogP contribution in [0.5, 0.6) is 0 Å². The number of rotatable bonds is 3. The van der Waals surface area contributed by atoms with Gasteiger partial charge in [0, 0.05) is 0 Å². The highest BCUT2D eigenvalue weighted by atomic mass is 19.1. The van der Waals surface area contributed by atoms with Gasteiger partial charge in [-0.25, -0.2) is 14.0 Å². The summed E-state index contributed by atoms with van der Waals surface area (Å²) in [6.07, 6.45) is 0. The second kappa shape index (κ2) is 5.69. The van der Waals surface area contributed by atoms with E-state index in [0.717, 1.165) is 0 Å². The van der Waals surface area contributed by atoms with Crippen molar-refractivity contribution in [1.29, 1.82) is 0 Å². The summed E-state index contributed by atoms with van der Waals surface area (Å²) in [7, 11) is 0. The summed E-state index contributed by atoms with van der Waals surface area (Å²) >= 11 is 0.